The highest BCUT2D eigenvalue weighted by Gasteiger charge is 2.06. The minimum Gasteiger partial charge on any atom is -0.448 e. The Morgan fingerprint density at radius 2 is 2.10 bits per heavy atom. The molecule has 0 radical (unpaired) electrons. The summed E-state index contributed by atoms with van der Waals surface area (Å²) in [6.07, 6.45) is 2.14. The minimum atomic E-state index is -0.835. The second-order valence-corrected chi connectivity index (χ2v) is 4.38. The van der Waals surface area contributed by atoms with Gasteiger partial charge in [-0.15, -0.1) is 0 Å². The molecule has 0 bridgehead atoms. The van der Waals surface area contributed by atoms with E-state index in [0.29, 0.717) is 12.8 Å². The molecule has 0 aliphatic carbocycles. The van der Waals surface area contributed by atoms with E-state index in [4.69, 9.17) is 5.73 Å². The lowest BCUT2D eigenvalue weighted by Crippen LogP contribution is -2.29. The number of rotatable bonds is 6. The largest absolute Gasteiger partial charge is 0.448 e. The Hall–Kier alpha value is -2.50. The lowest BCUT2D eigenvalue weighted by atomic mass is 10.1. The van der Waals surface area contributed by atoms with Crippen molar-refractivity contribution in [2.45, 2.75) is 12.8 Å². The van der Waals surface area contributed by atoms with Crippen molar-refractivity contribution < 1.29 is 14.3 Å². The van der Waals surface area contributed by atoms with Crippen LogP contribution >= 0.6 is 0 Å². The van der Waals surface area contributed by atoms with E-state index in [9.17, 15) is 9.59 Å². The van der Waals surface area contributed by atoms with Crippen LogP contribution in [0.5, 0.6) is 0 Å². The number of hydrogen-bond acceptors (Lipinski definition) is 3. The molecule has 0 atom stereocenters. The van der Waals surface area contributed by atoms with E-state index >= 15 is 0 Å². The van der Waals surface area contributed by atoms with Crippen LogP contribution in [0.2, 0.25) is 0 Å². The van der Waals surface area contributed by atoms with Gasteiger partial charge in [0.1, 0.15) is 6.61 Å². The van der Waals surface area contributed by atoms with Crippen LogP contribution in [0, 0.1) is 0 Å². The number of carbonyl (C=O) groups is 2. The molecule has 106 valence electrons. The highest BCUT2D eigenvalue weighted by Crippen LogP contribution is 2.18. The minimum absolute atomic E-state index is 0.0802. The fraction of sp³-hybridized carbons (Fsp3) is 0.286. The molecule has 0 spiro atoms. The van der Waals surface area contributed by atoms with Gasteiger partial charge in [0.2, 0.25) is 5.91 Å². The van der Waals surface area contributed by atoms with E-state index in [1.165, 1.54) is 0 Å². The van der Waals surface area contributed by atoms with Crippen molar-refractivity contribution in [1.82, 2.24) is 10.3 Å². The first-order chi connectivity index (χ1) is 9.66. The molecule has 1 aromatic carbocycles. The zero-order chi connectivity index (χ0) is 14.4. The smallest absolute Gasteiger partial charge is 0.404 e. The number of benzene rings is 1. The van der Waals surface area contributed by atoms with E-state index in [2.05, 4.69) is 15.0 Å². The Morgan fingerprint density at radius 3 is 2.90 bits per heavy atom. The lowest BCUT2D eigenvalue weighted by Gasteiger charge is -2.05. The fourth-order valence-corrected chi connectivity index (χ4v) is 2.02. The SMILES string of the molecule is NC(=O)OCCNC(=O)CCc1c[nH]c2ccccc12. The Balaban J connectivity index is 1.77. The molecule has 0 saturated carbocycles. The lowest BCUT2D eigenvalue weighted by molar-refractivity contribution is -0.121. The van der Waals surface area contributed by atoms with Gasteiger partial charge in [-0.3, -0.25) is 4.79 Å². The predicted molar refractivity (Wildman–Crippen MR) is 75.2 cm³/mol. The maximum Gasteiger partial charge on any atom is 0.404 e. The van der Waals surface area contributed by atoms with Crippen molar-refractivity contribution in [3.8, 4) is 0 Å². The zero-order valence-corrected chi connectivity index (χ0v) is 11.0. The topological polar surface area (TPSA) is 97.2 Å². The predicted octanol–water partition coefficient (Wildman–Crippen LogP) is 1.31. The molecular formula is C14H17N3O3. The van der Waals surface area contributed by atoms with Gasteiger partial charge in [-0.2, -0.15) is 0 Å². The summed E-state index contributed by atoms with van der Waals surface area (Å²) >= 11 is 0. The number of aromatic nitrogens is 1. The third-order valence-corrected chi connectivity index (χ3v) is 2.96. The Labute approximate surface area is 116 Å². The number of H-pyrrole nitrogens is 1. The summed E-state index contributed by atoms with van der Waals surface area (Å²) in [7, 11) is 0. The molecule has 0 aliphatic rings. The summed E-state index contributed by atoms with van der Waals surface area (Å²) < 4.78 is 4.52. The van der Waals surface area contributed by atoms with Gasteiger partial charge in [0.15, 0.2) is 0 Å². The summed E-state index contributed by atoms with van der Waals surface area (Å²) in [5.41, 5.74) is 6.99. The summed E-state index contributed by atoms with van der Waals surface area (Å²) in [6, 6.07) is 7.97. The van der Waals surface area contributed by atoms with E-state index in [-0.39, 0.29) is 19.1 Å². The fourth-order valence-electron chi connectivity index (χ4n) is 2.02. The average Bonchev–Trinajstić information content (AvgIpc) is 2.84. The number of primary amides is 1. The number of aryl methyl sites for hydroxylation is 1. The molecule has 20 heavy (non-hydrogen) atoms. The highest BCUT2D eigenvalue weighted by molar-refractivity contribution is 5.84. The number of para-hydroxylation sites is 1. The van der Waals surface area contributed by atoms with Gasteiger partial charge in [-0.1, -0.05) is 18.2 Å². The molecule has 1 aromatic heterocycles. The number of carbonyl (C=O) groups excluding carboxylic acids is 2. The maximum absolute atomic E-state index is 11.6. The Kier molecular flexibility index (Phi) is 4.60. The van der Waals surface area contributed by atoms with Crippen LogP contribution < -0.4 is 11.1 Å². The third-order valence-electron chi connectivity index (χ3n) is 2.96. The van der Waals surface area contributed by atoms with Crippen LogP contribution in [-0.4, -0.2) is 30.1 Å². The number of ether oxygens (including phenoxy) is 1. The zero-order valence-electron chi connectivity index (χ0n) is 11.0. The van der Waals surface area contributed by atoms with Crippen molar-refractivity contribution in [2.75, 3.05) is 13.2 Å². The standard InChI is InChI=1S/C14H17N3O3/c15-14(19)20-8-7-16-13(18)6-5-10-9-17-12-4-2-1-3-11(10)12/h1-4,9,17H,5-8H2,(H2,15,19)(H,16,18). The first-order valence-electron chi connectivity index (χ1n) is 6.41. The van der Waals surface area contributed by atoms with Gasteiger partial charge in [0.25, 0.3) is 0 Å². The molecule has 0 saturated heterocycles. The van der Waals surface area contributed by atoms with Gasteiger partial charge in [-0.25, -0.2) is 4.79 Å². The van der Waals surface area contributed by atoms with E-state index < -0.39 is 6.09 Å². The average molecular weight is 275 g/mol. The van der Waals surface area contributed by atoms with Gasteiger partial charge < -0.3 is 20.8 Å². The van der Waals surface area contributed by atoms with Gasteiger partial charge in [0.05, 0.1) is 6.54 Å². The number of nitrogens with one attached hydrogen (secondary N) is 2. The van der Waals surface area contributed by atoms with Crippen LogP contribution in [0.1, 0.15) is 12.0 Å². The van der Waals surface area contributed by atoms with Crippen LogP contribution in [0.3, 0.4) is 0 Å². The van der Waals surface area contributed by atoms with Gasteiger partial charge in [-0.05, 0) is 18.1 Å². The number of amides is 2. The molecule has 0 aliphatic heterocycles. The molecule has 0 fully saturated rings. The summed E-state index contributed by atoms with van der Waals surface area (Å²) in [4.78, 5) is 25.1. The number of nitrogens with two attached hydrogens (primary N) is 1. The monoisotopic (exact) mass is 275 g/mol. The summed E-state index contributed by atoms with van der Waals surface area (Å²) in [6.45, 7) is 0.365. The molecule has 2 amide bonds. The van der Waals surface area contributed by atoms with Crippen molar-refractivity contribution in [3.05, 3.63) is 36.0 Å². The van der Waals surface area contributed by atoms with Crippen molar-refractivity contribution in [3.63, 3.8) is 0 Å². The second kappa shape index (κ2) is 6.60. The summed E-state index contributed by atoms with van der Waals surface area (Å²) in [5.74, 6) is -0.0802. The highest BCUT2D eigenvalue weighted by atomic mass is 16.5. The first-order valence-corrected chi connectivity index (χ1v) is 6.41. The van der Waals surface area contributed by atoms with Gasteiger partial charge in [0, 0.05) is 23.5 Å². The molecule has 6 heteroatoms. The normalized spacial score (nSPS) is 10.4. The van der Waals surface area contributed by atoms with E-state index in [0.717, 1.165) is 16.5 Å². The van der Waals surface area contributed by atoms with Crippen molar-refractivity contribution in [1.29, 1.82) is 0 Å². The third kappa shape index (κ3) is 3.74. The van der Waals surface area contributed by atoms with E-state index in [1.54, 1.807) is 0 Å². The van der Waals surface area contributed by atoms with Crippen LogP contribution in [0.25, 0.3) is 10.9 Å². The number of hydrogen-bond donors (Lipinski definition) is 3. The van der Waals surface area contributed by atoms with Crippen LogP contribution in [0.4, 0.5) is 4.79 Å². The van der Waals surface area contributed by atoms with Crippen LogP contribution in [0.15, 0.2) is 30.5 Å². The second-order valence-electron chi connectivity index (χ2n) is 4.38. The van der Waals surface area contributed by atoms with Crippen molar-refractivity contribution >= 4 is 22.9 Å². The Bertz CT molecular complexity index is 606. The molecule has 2 rings (SSSR count). The molecule has 0 unspecified atom stereocenters. The number of fused-ring (bicyclic) bond motifs is 1. The quantitative estimate of drug-likeness (QED) is 0.693. The molecule has 1 heterocycles. The molecule has 2 aromatic rings. The molecular weight excluding hydrogens is 258 g/mol. The molecule has 4 N–H and O–H groups in total. The van der Waals surface area contributed by atoms with Crippen molar-refractivity contribution in [2.24, 2.45) is 5.73 Å². The van der Waals surface area contributed by atoms with Crippen LogP contribution in [-0.2, 0) is 16.0 Å². The molecule has 6 nitrogen and oxygen atoms in total. The maximum atomic E-state index is 11.6. The number of aromatic amines is 1. The summed E-state index contributed by atoms with van der Waals surface area (Å²) in [5, 5.41) is 3.80. The van der Waals surface area contributed by atoms with E-state index in [1.807, 2.05) is 30.5 Å². The van der Waals surface area contributed by atoms with Gasteiger partial charge >= 0.3 is 6.09 Å². The Morgan fingerprint density at radius 1 is 1.30 bits per heavy atom. The first kappa shape index (κ1) is 13.9.